The van der Waals surface area contributed by atoms with Crippen LogP contribution in [-0.4, -0.2) is 47.2 Å². The van der Waals surface area contributed by atoms with Gasteiger partial charge in [0, 0.05) is 18.8 Å². The van der Waals surface area contributed by atoms with Crippen LogP contribution in [0.4, 0.5) is 0 Å². The number of amides is 1. The summed E-state index contributed by atoms with van der Waals surface area (Å²) in [5.74, 6) is 0.476. The van der Waals surface area contributed by atoms with Gasteiger partial charge in [-0.15, -0.1) is 0 Å². The second-order valence-electron chi connectivity index (χ2n) is 4.06. The van der Waals surface area contributed by atoms with Crippen LogP contribution in [0.1, 0.15) is 23.3 Å². The van der Waals surface area contributed by atoms with Gasteiger partial charge in [-0.25, -0.2) is 0 Å². The van der Waals surface area contributed by atoms with E-state index in [1.165, 1.54) is 0 Å². The molecule has 92 valence electrons. The van der Waals surface area contributed by atoms with E-state index in [1.807, 2.05) is 0 Å². The van der Waals surface area contributed by atoms with Crippen molar-refractivity contribution in [2.24, 2.45) is 0 Å². The molecule has 1 fully saturated rings. The van der Waals surface area contributed by atoms with E-state index < -0.39 is 0 Å². The van der Waals surface area contributed by atoms with E-state index in [-0.39, 0.29) is 18.6 Å². The molecule has 5 nitrogen and oxygen atoms in total. The van der Waals surface area contributed by atoms with Gasteiger partial charge in [-0.3, -0.25) is 9.78 Å². The second-order valence-corrected chi connectivity index (χ2v) is 4.06. The van der Waals surface area contributed by atoms with Gasteiger partial charge in [0.15, 0.2) is 0 Å². The van der Waals surface area contributed by atoms with E-state index in [4.69, 9.17) is 4.74 Å². The quantitative estimate of drug-likeness (QED) is 0.838. The lowest BCUT2D eigenvalue weighted by atomic mass is 10.2. The molecule has 1 saturated heterocycles. The Hall–Kier alpha value is -1.62. The largest absolute Gasteiger partial charge is 0.497 e. The minimum atomic E-state index is -0.138. The molecule has 0 saturated carbocycles. The molecule has 0 bridgehead atoms. The van der Waals surface area contributed by atoms with Crippen LogP contribution in [0.5, 0.6) is 5.75 Å². The minimum absolute atomic E-state index is 0.00963. The molecule has 0 aromatic carbocycles. The number of carbonyl (C=O) groups excluding carboxylic acids is 1. The summed E-state index contributed by atoms with van der Waals surface area (Å²) in [6.07, 6.45) is 3.34. The van der Waals surface area contributed by atoms with Crippen LogP contribution in [0.15, 0.2) is 18.3 Å². The standard InChI is InChI=1S/C12H16N2O3/c1-17-10-4-5-13-11(7-10)12(16)14-6-2-3-9(14)8-15/h4-5,7,9,15H,2-3,6,8H2,1H3/t9-/m0/s1. The van der Waals surface area contributed by atoms with Crippen LogP contribution in [0, 0.1) is 0 Å². The van der Waals surface area contributed by atoms with E-state index in [9.17, 15) is 9.90 Å². The fourth-order valence-electron chi connectivity index (χ4n) is 2.10. The van der Waals surface area contributed by atoms with Crippen LogP contribution < -0.4 is 4.74 Å². The number of rotatable bonds is 3. The average Bonchev–Trinajstić information content (AvgIpc) is 2.86. The lowest BCUT2D eigenvalue weighted by Crippen LogP contribution is -2.38. The molecular formula is C12H16N2O3. The highest BCUT2D eigenvalue weighted by Crippen LogP contribution is 2.20. The fraction of sp³-hybridized carbons (Fsp3) is 0.500. The SMILES string of the molecule is COc1ccnc(C(=O)N2CCC[C@H]2CO)c1. The Morgan fingerprint density at radius 3 is 3.24 bits per heavy atom. The summed E-state index contributed by atoms with van der Waals surface area (Å²) in [6.45, 7) is 0.693. The Morgan fingerprint density at radius 2 is 2.53 bits per heavy atom. The van der Waals surface area contributed by atoms with Gasteiger partial charge in [0.2, 0.25) is 0 Å². The highest BCUT2D eigenvalue weighted by molar-refractivity contribution is 5.93. The highest BCUT2D eigenvalue weighted by Gasteiger charge is 2.29. The third-order valence-electron chi connectivity index (χ3n) is 3.03. The number of aliphatic hydroxyl groups is 1. The summed E-state index contributed by atoms with van der Waals surface area (Å²) in [6, 6.07) is 3.25. The maximum absolute atomic E-state index is 12.2. The van der Waals surface area contributed by atoms with Crippen molar-refractivity contribution in [3.8, 4) is 5.75 Å². The first-order chi connectivity index (χ1) is 8.26. The number of methoxy groups -OCH3 is 1. The first-order valence-electron chi connectivity index (χ1n) is 5.68. The number of likely N-dealkylation sites (tertiary alicyclic amines) is 1. The first kappa shape index (κ1) is 11.9. The zero-order valence-electron chi connectivity index (χ0n) is 9.80. The van der Waals surface area contributed by atoms with Crippen LogP contribution in [-0.2, 0) is 0 Å². The molecule has 0 aliphatic carbocycles. The third-order valence-corrected chi connectivity index (χ3v) is 3.03. The summed E-state index contributed by atoms with van der Waals surface area (Å²) in [5, 5.41) is 9.19. The molecule has 1 amide bonds. The Labute approximate surface area is 100 Å². The minimum Gasteiger partial charge on any atom is -0.497 e. The maximum atomic E-state index is 12.2. The third kappa shape index (κ3) is 2.39. The van der Waals surface area contributed by atoms with E-state index in [2.05, 4.69) is 4.98 Å². The number of pyridine rings is 1. The van der Waals surface area contributed by atoms with E-state index in [0.29, 0.717) is 18.0 Å². The molecule has 17 heavy (non-hydrogen) atoms. The van der Waals surface area contributed by atoms with Crippen molar-refractivity contribution in [3.63, 3.8) is 0 Å². The number of carbonyl (C=O) groups is 1. The predicted octanol–water partition coefficient (Wildman–Crippen LogP) is 0.687. The van der Waals surface area contributed by atoms with Crippen molar-refractivity contribution in [1.29, 1.82) is 0 Å². The molecule has 1 aromatic heterocycles. The normalized spacial score (nSPS) is 19.4. The Kier molecular flexibility index (Phi) is 3.58. The molecule has 1 aliphatic rings. The summed E-state index contributed by atoms with van der Waals surface area (Å²) in [5.41, 5.74) is 0.365. The molecule has 1 atom stereocenters. The topological polar surface area (TPSA) is 62.7 Å². The first-order valence-corrected chi connectivity index (χ1v) is 5.68. The van der Waals surface area contributed by atoms with Gasteiger partial charge in [0.25, 0.3) is 5.91 Å². The lowest BCUT2D eigenvalue weighted by Gasteiger charge is -2.22. The van der Waals surface area contributed by atoms with Crippen molar-refractivity contribution in [2.75, 3.05) is 20.3 Å². The molecule has 2 rings (SSSR count). The lowest BCUT2D eigenvalue weighted by molar-refractivity contribution is 0.0671. The van der Waals surface area contributed by atoms with E-state index in [0.717, 1.165) is 12.8 Å². The van der Waals surface area contributed by atoms with Crippen LogP contribution in [0.3, 0.4) is 0 Å². The van der Waals surface area contributed by atoms with Gasteiger partial charge in [-0.1, -0.05) is 0 Å². The summed E-state index contributed by atoms with van der Waals surface area (Å²) in [7, 11) is 1.55. The highest BCUT2D eigenvalue weighted by atomic mass is 16.5. The van der Waals surface area contributed by atoms with Crippen molar-refractivity contribution >= 4 is 5.91 Å². The monoisotopic (exact) mass is 236 g/mol. The number of aliphatic hydroxyl groups excluding tert-OH is 1. The van der Waals surface area contributed by atoms with Crippen molar-refractivity contribution in [1.82, 2.24) is 9.88 Å². The van der Waals surface area contributed by atoms with Gasteiger partial charge in [0.1, 0.15) is 11.4 Å². The molecule has 5 heteroatoms. The Bertz CT molecular complexity index is 408. The smallest absolute Gasteiger partial charge is 0.272 e. The van der Waals surface area contributed by atoms with Crippen LogP contribution >= 0.6 is 0 Å². The van der Waals surface area contributed by atoms with E-state index >= 15 is 0 Å². The van der Waals surface area contributed by atoms with Crippen LogP contribution in [0.25, 0.3) is 0 Å². The number of aromatic nitrogens is 1. The molecule has 0 spiro atoms. The average molecular weight is 236 g/mol. The summed E-state index contributed by atoms with van der Waals surface area (Å²) < 4.78 is 5.06. The van der Waals surface area contributed by atoms with Gasteiger partial charge < -0.3 is 14.7 Å². The number of ether oxygens (including phenoxy) is 1. The number of nitrogens with zero attached hydrogens (tertiary/aromatic N) is 2. The van der Waals surface area contributed by atoms with E-state index in [1.54, 1.807) is 30.3 Å². The van der Waals surface area contributed by atoms with Gasteiger partial charge in [-0.05, 0) is 18.9 Å². The maximum Gasteiger partial charge on any atom is 0.272 e. The fourth-order valence-corrected chi connectivity index (χ4v) is 2.10. The Morgan fingerprint density at radius 1 is 1.71 bits per heavy atom. The molecule has 1 N–H and O–H groups in total. The van der Waals surface area contributed by atoms with Crippen molar-refractivity contribution < 1.29 is 14.6 Å². The summed E-state index contributed by atoms with van der Waals surface area (Å²) >= 11 is 0. The molecular weight excluding hydrogens is 220 g/mol. The van der Waals surface area contributed by atoms with Gasteiger partial charge >= 0.3 is 0 Å². The van der Waals surface area contributed by atoms with Crippen molar-refractivity contribution in [3.05, 3.63) is 24.0 Å². The van der Waals surface area contributed by atoms with Gasteiger partial charge in [-0.2, -0.15) is 0 Å². The molecule has 1 aliphatic heterocycles. The van der Waals surface area contributed by atoms with Crippen molar-refractivity contribution in [2.45, 2.75) is 18.9 Å². The molecule has 1 aromatic rings. The van der Waals surface area contributed by atoms with Crippen LogP contribution in [0.2, 0.25) is 0 Å². The summed E-state index contributed by atoms with van der Waals surface area (Å²) in [4.78, 5) is 17.9. The molecule has 2 heterocycles. The van der Waals surface area contributed by atoms with Gasteiger partial charge in [0.05, 0.1) is 19.8 Å². The second kappa shape index (κ2) is 5.14. The zero-order chi connectivity index (χ0) is 12.3. The molecule has 0 radical (unpaired) electrons. The number of hydrogen-bond donors (Lipinski definition) is 1. The Balaban J connectivity index is 2.18. The zero-order valence-corrected chi connectivity index (χ0v) is 9.80. The number of hydrogen-bond acceptors (Lipinski definition) is 4. The predicted molar refractivity (Wildman–Crippen MR) is 61.9 cm³/mol. The molecule has 0 unspecified atom stereocenters.